The van der Waals surface area contributed by atoms with Crippen LogP contribution in [0.3, 0.4) is 0 Å². The van der Waals surface area contributed by atoms with Gasteiger partial charge in [-0.05, 0) is 24.3 Å². The molecule has 0 aromatic heterocycles. The van der Waals surface area contributed by atoms with Crippen molar-refractivity contribution in [1.29, 1.82) is 0 Å². The third kappa shape index (κ3) is 3.36. The van der Waals surface area contributed by atoms with Gasteiger partial charge in [-0.15, -0.1) is 0 Å². The predicted molar refractivity (Wildman–Crippen MR) is 67.3 cm³/mol. The van der Waals surface area contributed by atoms with Crippen molar-refractivity contribution in [3.63, 3.8) is 0 Å². The number of ether oxygens (including phenoxy) is 1. The van der Waals surface area contributed by atoms with Crippen LogP contribution < -0.4 is 10.5 Å². The van der Waals surface area contributed by atoms with Crippen molar-refractivity contribution in [3.05, 3.63) is 52.6 Å². The van der Waals surface area contributed by atoms with E-state index in [1.807, 2.05) is 0 Å². The monoisotopic (exact) mass is 323 g/mol. The van der Waals surface area contributed by atoms with Gasteiger partial charge in [0.15, 0.2) is 5.75 Å². The molecule has 0 aliphatic carbocycles. The quantitative estimate of drug-likeness (QED) is 0.622. The zero-order valence-corrected chi connectivity index (χ0v) is 10.9. The third-order valence-electron chi connectivity index (χ3n) is 2.52. The van der Waals surface area contributed by atoms with E-state index in [1.165, 1.54) is 0 Å². The molecule has 8 heteroatoms. The molecule has 0 fully saturated rings. The maximum absolute atomic E-state index is 13.3. The molecule has 0 aliphatic rings. The number of rotatable bonds is 2. The molecule has 0 aliphatic heterocycles. The Kier molecular flexibility index (Phi) is 3.95. The Morgan fingerprint density at radius 1 is 1.00 bits per heavy atom. The maximum atomic E-state index is 13.3. The molecular formula is C13H7ClF5NO. The number of anilines is 1. The molecule has 112 valence electrons. The lowest BCUT2D eigenvalue weighted by Gasteiger charge is -2.12. The number of nitrogen functional groups attached to an aromatic ring is 1. The summed E-state index contributed by atoms with van der Waals surface area (Å²) in [6.45, 7) is 0. The Morgan fingerprint density at radius 2 is 1.67 bits per heavy atom. The first-order valence-electron chi connectivity index (χ1n) is 5.47. The van der Waals surface area contributed by atoms with Gasteiger partial charge in [-0.1, -0.05) is 11.6 Å². The third-order valence-corrected chi connectivity index (χ3v) is 2.81. The average molecular weight is 324 g/mol. The van der Waals surface area contributed by atoms with E-state index >= 15 is 0 Å². The Labute approximate surface area is 120 Å². The van der Waals surface area contributed by atoms with Crippen molar-refractivity contribution < 1.29 is 26.7 Å². The van der Waals surface area contributed by atoms with Crippen LogP contribution in [0.5, 0.6) is 11.5 Å². The summed E-state index contributed by atoms with van der Waals surface area (Å²) < 4.78 is 69.2. The van der Waals surface area contributed by atoms with Gasteiger partial charge >= 0.3 is 6.18 Å². The molecule has 2 nitrogen and oxygen atoms in total. The molecule has 0 radical (unpaired) electrons. The fraction of sp³-hybridized carbons (Fsp3) is 0.0769. The van der Waals surface area contributed by atoms with Crippen LogP contribution in [0.4, 0.5) is 27.6 Å². The van der Waals surface area contributed by atoms with Gasteiger partial charge in [0.2, 0.25) is 0 Å². The Bertz CT molecular complexity index is 687. The minimum absolute atomic E-state index is 0.0701. The fourth-order valence-corrected chi connectivity index (χ4v) is 1.72. The second-order valence-electron chi connectivity index (χ2n) is 4.05. The van der Waals surface area contributed by atoms with E-state index in [1.54, 1.807) is 0 Å². The summed E-state index contributed by atoms with van der Waals surface area (Å²) in [6.07, 6.45) is -4.87. The number of hydrogen-bond acceptors (Lipinski definition) is 2. The van der Waals surface area contributed by atoms with E-state index in [-0.39, 0.29) is 22.2 Å². The SMILES string of the molecule is Nc1cc(Cl)c(F)cc1Oc1ccc(F)c(C(F)(F)F)c1. The van der Waals surface area contributed by atoms with Crippen LogP contribution in [0.15, 0.2) is 30.3 Å². The van der Waals surface area contributed by atoms with Gasteiger partial charge in [-0.3, -0.25) is 0 Å². The smallest absolute Gasteiger partial charge is 0.419 e. The molecule has 2 aromatic rings. The van der Waals surface area contributed by atoms with E-state index in [9.17, 15) is 22.0 Å². The van der Waals surface area contributed by atoms with Crippen LogP contribution in [-0.2, 0) is 6.18 Å². The van der Waals surface area contributed by atoms with Gasteiger partial charge in [-0.25, -0.2) is 8.78 Å². The molecule has 0 amide bonds. The van der Waals surface area contributed by atoms with Crippen LogP contribution >= 0.6 is 11.6 Å². The van der Waals surface area contributed by atoms with E-state index in [0.29, 0.717) is 12.1 Å². The summed E-state index contributed by atoms with van der Waals surface area (Å²) in [5, 5.41) is -0.255. The number of nitrogens with two attached hydrogens (primary N) is 1. The highest BCUT2D eigenvalue weighted by atomic mass is 35.5. The standard InChI is InChI=1S/C13H7ClF5NO/c14-8-4-11(20)12(5-10(8)16)21-6-1-2-9(15)7(3-6)13(17,18)19/h1-5H,20H2. The highest BCUT2D eigenvalue weighted by Crippen LogP contribution is 2.36. The fourth-order valence-electron chi connectivity index (χ4n) is 1.54. The molecule has 0 heterocycles. The Balaban J connectivity index is 2.39. The first-order valence-corrected chi connectivity index (χ1v) is 5.85. The Morgan fingerprint density at radius 3 is 2.29 bits per heavy atom. The Hall–Kier alpha value is -2.02. The zero-order chi connectivity index (χ0) is 15.8. The summed E-state index contributed by atoms with van der Waals surface area (Å²) in [7, 11) is 0. The summed E-state index contributed by atoms with van der Waals surface area (Å²) in [5.74, 6) is -2.85. The summed E-state index contributed by atoms with van der Waals surface area (Å²) in [6, 6.07) is 3.91. The number of halogens is 6. The number of benzene rings is 2. The highest BCUT2D eigenvalue weighted by molar-refractivity contribution is 6.31. The first-order chi connectivity index (χ1) is 9.68. The van der Waals surface area contributed by atoms with Gasteiger partial charge in [0.25, 0.3) is 0 Å². The van der Waals surface area contributed by atoms with Gasteiger partial charge in [0.05, 0.1) is 16.3 Å². The van der Waals surface area contributed by atoms with Crippen LogP contribution in [0.1, 0.15) is 5.56 Å². The van der Waals surface area contributed by atoms with E-state index < -0.39 is 23.4 Å². The molecule has 2 N–H and O–H groups in total. The summed E-state index contributed by atoms with van der Waals surface area (Å²) in [5.41, 5.74) is 3.96. The minimum Gasteiger partial charge on any atom is -0.455 e. The normalized spacial score (nSPS) is 11.5. The molecule has 0 unspecified atom stereocenters. The molecule has 0 bridgehead atoms. The van der Waals surface area contributed by atoms with Gasteiger partial charge in [0, 0.05) is 6.07 Å². The van der Waals surface area contributed by atoms with E-state index in [0.717, 1.165) is 18.2 Å². The van der Waals surface area contributed by atoms with Crippen molar-refractivity contribution in [2.24, 2.45) is 0 Å². The molecular weight excluding hydrogens is 317 g/mol. The molecule has 21 heavy (non-hydrogen) atoms. The van der Waals surface area contributed by atoms with Crippen molar-refractivity contribution >= 4 is 17.3 Å². The lowest BCUT2D eigenvalue weighted by atomic mass is 10.2. The first kappa shape index (κ1) is 15.4. The molecule has 0 saturated heterocycles. The van der Waals surface area contributed by atoms with Crippen molar-refractivity contribution in [2.45, 2.75) is 6.18 Å². The summed E-state index contributed by atoms with van der Waals surface area (Å²) in [4.78, 5) is 0. The molecule has 0 atom stereocenters. The zero-order valence-electron chi connectivity index (χ0n) is 10.1. The summed E-state index contributed by atoms with van der Waals surface area (Å²) >= 11 is 5.49. The van der Waals surface area contributed by atoms with Crippen molar-refractivity contribution in [2.75, 3.05) is 5.73 Å². The van der Waals surface area contributed by atoms with E-state index in [4.69, 9.17) is 22.1 Å². The van der Waals surface area contributed by atoms with Gasteiger partial charge in [0.1, 0.15) is 17.4 Å². The predicted octanol–water partition coefficient (Wildman–Crippen LogP) is 5.01. The van der Waals surface area contributed by atoms with E-state index in [2.05, 4.69) is 0 Å². The van der Waals surface area contributed by atoms with Crippen molar-refractivity contribution in [1.82, 2.24) is 0 Å². The highest BCUT2D eigenvalue weighted by Gasteiger charge is 2.34. The topological polar surface area (TPSA) is 35.2 Å². The second-order valence-corrected chi connectivity index (χ2v) is 4.45. The van der Waals surface area contributed by atoms with Crippen LogP contribution in [0, 0.1) is 11.6 Å². The lowest BCUT2D eigenvalue weighted by molar-refractivity contribution is -0.140. The molecule has 2 rings (SSSR count). The van der Waals surface area contributed by atoms with Crippen LogP contribution in [0.25, 0.3) is 0 Å². The molecule has 0 saturated carbocycles. The molecule has 2 aromatic carbocycles. The van der Waals surface area contributed by atoms with Gasteiger partial charge in [-0.2, -0.15) is 13.2 Å². The average Bonchev–Trinajstić information content (AvgIpc) is 2.37. The largest absolute Gasteiger partial charge is 0.455 e. The van der Waals surface area contributed by atoms with Gasteiger partial charge < -0.3 is 10.5 Å². The van der Waals surface area contributed by atoms with Crippen LogP contribution in [-0.4, -0.2) is 0 Å². The van der Waals surface area contributed by atoms with Crippen molar-refractivity contribution in [3.8, 4) is 11.5 Å². The minimum atomic E-state index is -4.87. The number of hydrogen-bond donors (Lipinski definition) is 1. The number of alkyl halides is 3. The lowest BCUT2D eigenvalue weighted by Crippen LogP contribution is -2.08. The maximum Gasteiger partial charge on any atom is 0.419 e. The molecule has 0 spiro atoms. The second kappa shape index (κ2) is 5.40. The van der Waals surface area contributed by atoms with Crippen LogP contribution in [0.2, 0.25) is 5.02 Å².